The van der Waals surface area contributed by atoms with Gasteiger partial charge in [0.25, 0.3) is 5.91 Å². The molecule has 0 aromatic heterocycles. The molecule has 2 heterocycles. The van der Waals surface area contributed by atoms with E-state index in [4.69, 9.17) is 10.1 Å². The Balaban J connectivity index is 1.84. The van der Waals surface area contributed by atoms with Crippen LogP contribution in [0.1, 0.15) is 31.5 Å². The highest BCUT2D eigenvalue weighted by Gasteiger charge is 2.34. The molecule has 27 heavy (non-hydrogen) atoms. The van der Waals surface area contributed by atoms with Crippen LogP contribution in [0, 0.1) is 0 Å². The van der Waals surface area contributed by atoms with Crippen LogP contribution in [0.5, 0.6) is 0 Å². The van der Waals surface area contributed by atoms with Gasteiger partial charge in [-0.3, -0.25) is 15.1 Å². The molecule has 1 N–H and O–H groups in total. The second-order valence-electron chi connectivity index (χ2n) is 6.33. The highest BCUT2D eigenvalue weighted by atomic mass is 79.9. The lowest BCUT2D eigenvalue weighted by atomic mass is 10.1. The monoisotopic (exact) mass is 442 g/mol. The lowest BCUT2D eigenvalue weighted by molar-refractivity contribution is -0.116. The van der Waals surface area contributed by atoms with Gasteiger partial charge in [0, 0.05) is 15.4 Å². The van der Waals surface area contributed by atoms with E-state index in [0.717, 1.165) is 39.2 Å². The highest BCUT2D eigenvalue weighted by molar-refractivity contribution is 9.10. The Morgan fingerprint density at radius 3 is 2.89 bits per heavy atom. The molecule has 0 unspecified atom stereocenters. The minimum Gasteiger partial charge on any atom is -0.298 e. The number of hydrogen-bond donors (Lipinski definition) is 1. The minimum atomic E-state index is -0.375. The molecule has 0 spiro atoms. The molecule has 2 aliphatic rings. The summed E-state index contributed by atoms with van der Waals surface area (Å²) in [5.41, 5.74) is 1.53. The second-order valence-corrected chi connectivity index (χ2v) is 8.33. The Labute approximate surface area is 170 Å². The topological polar surface area (TPSA) is 57.1 Å². The van der Waals surface area contributed by atoms with Crippen LogP contribution in [-0.4, -0.2) is 21.8 Å². The van der Waals surface area contributed by atoms with E-state index in [1.165, 1.54) is 0 Å². The molecule has 0 saturated heterocycles. The first-order chi connectivity index (χ1) is 13.2. The third kappa shape index (κ3) is 3.66. The van der Waals surface area contributed by atoms with Crippen LogP contribution >= 0.6 is 27.7 Å². The average Bonchev–Trinajstić information content (AvgIpc) is 2.67. The summed E-state index contributed by atoms with van der Waals surface area (Å²) in [6.45, 7) is 2.15. The third-order valence-electron chi connectivity index (χ3n) is 4.40. The van der Waals surface area contributed by atoms with Gasteiger partial charge in [0.05, 0.1) is 5.36 Å². The van der Waals surface area contributed by atoms with E-state index in [2.05, 4.69) is 28.2 Å². The number of fused-ring (bicyclic) bond motifs is 2. The Bertz CT molecular complexity index is 1040. The first kappa shape index (κ1) is 18.3. The van der Waals surface area contributed by atoms with E-state index >= 15 is 0 Å². The van der Waals surface area contributed by atoms with Crippen LogP contribution in [0.15, 0.2) is 63.1 Å². The van der Waals surface area contributed by atoms with Crippen LogP contribution in [-0.2, 0) is 4.79 Å². The molecule has 2 aromatic rings. The van der Waals surface area contributed by atoms with Gasteiger partial charge in [-0.2, -0.15) is 0 Å². The molecule has 2 aliphatic heterocycles. The molecule has 0 saturated carbocycles. The number of carbonyl (C=O) groups excluding carboxylic acids is 1. The van der Waals surface area contributed by atoms with Crippen molar-refractivity contribution in [3.63, 3.8) is 0 Å². The normalized spacial score (nSPS) is 18.2. The number of carbonyl (C=O) groups is 1. The Hall–Kier alpha value is -2.12. The molecule has 2 aromatic carbocycles. The number of thioether (sulfide) groups is 1. The van der Waals surface area contributed by atoms with E-state index < -0.39 is 0 Å². The number of nitrogens with zero attached hydrogens (tertiary/aromatic N) is 3. The van der Waals surface area contributed by atoms with Gasteiger partial charge in [0.2, 0.25) is 0 Å². The van der Waals surface area contributed by atoms with Crippen molar-refractivity contribution in [2.75, 3.05) is 5.75 Å². The van der Waals surface area contributed by atoms with E-state index in [1.807, 2.05) is 48.5 Å². The van der Waals surface area contributed by atoms with Crippen molar-refractivity contribution in [1.82, 2.24) is 10.3 Å². The summed E-state index contributed by atoms with van der Waals surface area (Å²) < 4.78 is 0.971. The SMILES string of the molecule is CCCCSC1=NN2C(=c3ccccc3=N[C@@H]2c2cccc(Br)c2)C(=O)N1. The molecule has 0 radical (unpaired) electrons. The van der Waals surface area contributed by atoms with E-state index in [1.54, 1.807) is 16.8 Å². The Kier molecular flexibility index (Phi) is 5.31. The number of nitrogens with one attached hydrogen (secondary N) is 1. The van der Waals surface area contributed by atoms with Gasteiger partial charge in [-0.1, -0.05) is 71.4 Å². The lowest BCUT2D eigenvalue weighted by Crippen LogP contribution is -2.50. The van der Waals surface area contributed by atoms with E-state index in [-0.39, 0.29) is 12.1 Å². The molecule has 1 amide bonds. The van der Waals surface area contributed by atoms with Crippen molar-refractivity contribution in [2.45, 2.75) is 25.9 Å². The van der Waals surface area contributed by atoms with Gasteiger partial charge in [-0.05, 0) is 30.2 Å². The average molecular weight is 443 g/mol. The fourth-order valence-electron chi connectivity index (χ4n) is 3.09. The first-order valence-corrected chi connectivity index (χ1v) is 10.7. The summed E-state index contributed by atoms with van der Waals surface area (Å²) >= 11 is 5.10. The largest absolute Gasteiger partial charge is 0.298 e. The van der Waals surface area contributed by atoms with Crippen LogP contribution < -0.4 is 15.9 Å². The third-order valence-corrected chi connectivity index (χ3v) is 5.84. The molecule has 0 aliphatic carbocycles. The van der Waals surface area contributed by atoms with Gasteiger partial charge in [-0.25, -0.2) is 5.01 Å². The molecule has 0 bridgehead atoms. The van der Waals surface area contributed by atoms with Crippen molar-refractivity contribution in [3.8, 4) is 0 Å². The maximum atomic E-state index is 12.9. The van der Waals surface area contributed by atoms with Crippen LogP contribution in [0.4, 0.5) is 0 Å². The number of para-hydroxylation sites is 1. The number of halogens is 1. The zero-order chi connectivity index (χ0) is 18.8. The van der Waals surface area contributed by atoms with Gasteiger partial charge < -0.3 is 0 Å². The maximum Gasteiger partial charge on any atom is 0.276 e. The predicted molar refractivity (Wildman–Crippen MR) is 112 cm³/mol. The molecule has 1 atom stereocenters. The maximum absolute atomic E-state index is 12.9. The Morgan fingerprint density at radius 1 is 1.22 bits per heavy atom. The highest BCUT2D eigenvalue weighted by Crippen LogP contribution is 2.31. The fraction of sp³-hybridized carbons (Fsp3) is 0.250. The molecule has 138 valence electrons. The quantitative estimate of drug-likeness (QED) is 0.739. The zero-order valence-electron chi connectivity index (χ0n) is 14.9. The van der Waals surface area contributed by atoms with Crippen molar-refractivity contribution in [2.24, 2.45) is 10.1 Å². The number of hydrazone groups is 1. The number of benzene rings is 2. The summed E-state index contributed by atoms with van der Waals surface area (Å²) in [6, 6.07) is 15.7. The number of amidine groups is 1. The standard InChI is InChI=1S/C20H19BrN4OS/c1-2-3-11-27-20-23-19(26)17-15-9-4-5-10-16(15)22-18(25(17)24-20)13-7-6-8-14(21)12-13/h4-10,12,18H,2-3,11H2,1H3,(H,23,24,26)/t18-/m0/s1. The second kappa shape index (κ2) is 7.86. The molecule has 5 nitrogen and oxygen atoms in total. The molecule has 4 rings (SSSR count). The zero-order valence-corrected chi connectivity index (χ0v) is 17.3. The summed E-state index contributed by atoms with van der Waals surface area (Å²) in [5, 5.41) is 11.7. The smallest absolute Gasteiger partial charge is 0.276 e. The summed E-state index contributed by atoms with van der Waals surface area (Å²) in [7, 11) is 0. The first-order valence-electron chi connectivity index (χ1n) is 8.92. The van der Waals surface area contributed by atoms with Crippen LogP contribution in [0.25, 0.3) is 5.70 Å². The van der Waals surface area contributed by atoms with Crippen molar-refractivity contribution in [3.05, 3.63) is 69.1 Å². The van der Waals surface area contributed by atoms with Crippen molar-refractivity contribution in [1.29, 1.82) is 0 Å². The molecular weight excluding hydrogens is 424 g/mol. The van der Waals surface area contributed by atoms with E-state index in [9.17, 15) is 4.79 Å². The summed E-state index contributed by atoms with van der Waals surface area (Å²) in [4.78, 5) is 17.8. The van der Waals surface area contributed by atoms with Crippen molar-refractivity contribution >= 4 is 44.5 Å². The molecular formula is C20H19BrN4OS. The predicted octanol–water partition coefficient (Wildman–Crippen LogP) is 3.13. The number of rotatable bonds is 4. The van der Waals surface area contributed by atoms with Crippen LogP contribution in [0.3, 0.4) is 0 Å². The summed E-state index contributed by atoms with van der Waals surface area (Å²) in [6.07, 6.45) is 1.82. The van der Waals surface area contributed by atoms with Gasteiger partial charge >= 0.3 is 0 Å². The Morgan fingerprint density at radius 2 is 2.07 bits per heavy atom. The lowest BCUT2D eigenvalue weighted by Gasteiger charge is -2.34. The van der Waals surface area contributed by atoms with Gasteiger partial charge in [0.1, 0.15) is 5.70 Å². The number of amides is 1. The van der Waals surface area contributed by atoms with Crippen LogP contribution in [0.2, 0.25) is 0 Å². The number of hydrogen-bond acceptors (Lipinski definition) is 5. The fourth-order valence-corrected chi connectivity index (χ4v) is 4.44. The van der Waals surface area contributed by atoms with E-state index in [0.29, 0.717) is 10.9 Å². The van der Waals surface area contributed by atoms with Gasteiger partial charge in [-0.15, -0.1) is 5.10 Å². The molecule has 7 heteroatoms. The van der Waals surface area contributed by atoms with Crippen molar-refractivity contribution < 1.29 is 4.79 Å². The summed E-state index contributed by atoms with van der Waals surface area (Å²) in [5.74, 6) is 0.792. The number of unbranched alkanes of at least 4 members (excludes halogenated alkanes) is 1. The molecule has 0 fully saturated rings. The minimum absolute atomic E-state index is 0.133. The van der Waals surface area contributed by atoms with Gasteiger partial charge in [0.15, 0.2) is 11.3 Å².